The number of aryl methyl sites for hydroxylation is 1. The highest BCUT2D eigenvalue weighted by molar-refractivity contribution is 7.89. The number of rotatable bonds is 4. The lowest BCUT2D eigenvalue weighted by Crippen LogP contribution is -2.42. The Morgan fingerprint density at radius 1 is 1.21 bits per heavy atom. The standard InChI is InChI=1S/C21H25N3O3S/c1-14-11-16-12-17(28(22,26)27)8-10-19(16)24(14)21(25)13-23(2)20-9-7-15-5-3-4-6-18(15)20/h3-6,8,10,12,14,20H,7,9,11,13H2,1-2H3,(H2,22,26,27). The van der Waals surface area contributed by atoms with E-state index in [-0.39, 0.29) is 22.9 Å². The summed E-state index contributed by atoms with van der Waals surface area (Å²) < 4.78 is 23.2. The number of nitrogens with zero attached hydrogens (tertiary/aromatic N) is 2. The summed E-state index contributed by atoms with van der Waals surface area (Å²) in [7, 11) is -1.75. The second-order valence-corrected chi connectivity index (χ2v) is 9.38. The van der Waals surface area contributed by atoms with E-state index in [1.165, 1.54) is 17.2 Å². The Labute approximate surface area is 166 Å². The SMILES string of the molecule is CC1Cc2cc(S(N)(=O)=O)ccc2N1C(=O)CN(C)C1CCc2ccccc21. The summed E-state index contributed by atoms with van der Waals surface area (Å²) in [6.07, 6.45) is 2.69. The maximum Gasteiger partial charge on any atom is 0.241 e. The first-order chi connectivity index (χ1) is 13.3. The van der Waals surface area contributed by atoms with Crippen LogP contribution in [0.3, 0.4) is 0 Å². The number of sulfonamides is 1. The number of likely N-dealkylation sites (N-methyl/N-ethyl adjacent to an activating group) is 1. The van der Waals surface area contributed by atoms with Gasteiger partial charge in [0.25, 0.3) is 0 Å². The van der Waals surface area contributed by atoms with Gasteiger partial charge in [0.15, 0.2) is 0 Å². The first-order valence-electron chi connectivity index (χ1n) is 9.51. The zero-order valence-corrected chi connectivity index (χ0v) is 16.9. The Morgan fingerprint density at radius 3 is 2.71 bits per heavy atom. The lowest BCUT2D eigenvalue weighted by atomic mass is 10.1. The third-order valence-electron chi connectivity index (χ3n) is 5.88. The number of benzene rings is 2. The van der Waals surface area contributed by atoms with Gasteiger partial charge in [0.2, 0.25) is 15.9 Å². The average Bonchev–Trinajstić information content (AvgIpc) is 3.20. The van der Waals surface area contributed by atoms with Crippen LogP contribution in [-0.4, -0.2) is 38.9 Å². The Balaban J connectivity index is 1.53. The number of amides is 1. The number of hydrogen-bond donors (Lipinski definition) is 1. The second-order valence-electron chi connectivity index (χ2n) is 7.82. The molecule has 2 atom stereocenters. The number of fused-ring (bicyclic) bond motifs is 2. The Bertz CT molecular complexity index is 1030. The first-order valence-corrected chi connectivity index (χ1v) is 11.1. The molecule has 6 nitrogen and oxygen atoms in total. The van der Waals surface area contributed by atoms with Crippen molar-refractivity contribution >= 4 is 21.6 Å². The molecule has 1 amide bonds. The van der Waals surface area contributed by atoms with E-state index in [0.29, 0.717) is 13.0 Å². The van der Waals surface area contributed by atoms with Gasteiger partial charge in [0.1, 0.15) is 0 Å². The van der Waals surface area contributed by atoms with Gasteiger partial charge in [-0.15, -0.1) is 0 Å². The zero-order valence-electron chi connectivity index (χ0n) is 16.1. The van der Waals surface area contributed by atoms with Crippen LogP contribution in [0.5, 0.6) is 0 Å². The fraction of sp³-hybridized carbons (Fsp3) is 0.381. The van der Waals surface area contributed by atoms with Gasteiger partial charge in [0, 0.05) is 17.8 Å². The van der Waals surface area contributed by atoms with Crippen molar-refractivity contribution in [2.24, 2.45) is 5.14 Å². The molecule has 2 N–H and O–H groups in total. The number of anilines is 1. The van der Waals surface area contributed by atoms with E-state index in [1.54, 1.807) is 17.0 Å². The van der Waals surface area contributed by atoms with Gasteiger partial charge in [0.05, 0.1) is 11.4 Å². The molecule has 0 saturated heterocycles. The van der Waals surface area contributed by atoms with Crippen LogP contribution >= 0.6 is 0 Å². The first kappa shape index (κ1) is 19.1. The fourth-order valence-corrected chi connectivity index (χ4v) is 5.12. The van der Waals surface area contributed by atoms with E-state index >= 15 is 0 Å². The molecule has 2 unspecified atom stereocenters. The topological polar surface area (TPSA) is 83.7 Å². The highest BCUT2D eigenvalue weighted by Crippen LogP contribution is 2.36. The summed E-state index contributed by atoms with van der Waals surface area (Å²) in [5.74, 6) is 0.0292. The van der Waals surface area contributed by atoms with Crippen LogP contribution in [0, 0.1) is 0 Å². The molecule has 7 heteroatoms. The normalized spacial score (nSPS) is 21.1. The van der Waals surface area contributed by atoms with Gasteiger partial charge in [-0.05, 0) is 68.1 Å². The molecule has 4 rings (SSSR count). The van der Waals surface area contributed by atoms with Gasteiger partial charge in [-0.3, -0.25) is 9.69 Å². The highest BCUT2D eigenvalue weighted by atomic mass is 32.2. The van der Waals surface area contributed by atoms with Gasteiger partial charge >= 0.3 is 0 Å². The molecule has 2 aromatic carbocycles. The molecule has 0 saturated carbocycles. The molecule has 0 fully saturated rings. The van der Waals surface area contributed by atoms with Crippen molar-refractivity contribution in [2.45, 2.75) is 43.2 Å². The van der Waals surface area contributed by atoms with Crippen LogP contribution in [0.25, 0.3) is 0 Å². The quantitative estimate of drug-likeness (QED) is 0.855. The molecule has 1 aliphatic heterocycles. The number of nitrogens with two attached hydrogens (primary N) is 1. The van der Waals surface area contributed by atoms with E-state index in [1.807, 2.05) is 14.0 Å². The van der Waals surface area contributed by atoms with E-state index in [9.17, 15) is 13.2 Å². The number of primary sulfonamides is 1. The van der Waals surface area contributed by atoms with Crippen LogP contribution in [0.1, 0.15) is 36.1 Å². The maximum atomic E-state index is 13.1. The smallest absolute Gasteiger partial charge is 0.241 e. The number of carbonyl (C=O) groups is 1. The highest BCUT2D eigenvalue weighted by Gasteiger charge is 2.34. The maximum absolute atomic E-state index is 13.1. The summed E-state index contributed by atoms with van der Waals surface area (Å²) in [4.78, 5) is 17.1. The molecule has 148 valence electrons. The van der Waals surface area contributed by atoms with Gasteiger partial charge < -0.3 is 4.90 Å². The Kier molecular flexibility index (Phi) is 4.77. The van der Waals surface area contributed by atoms with Crippen molar-refractivity contribution in [3.63, 3.8) is 0 Å². The van der Waals surface area contributed by atoms with Crippen LogP contribution < -0.4 is 10.0 Å². The van der Waals surface area contributed by atoms with Crippen molar-refractivity contribution in [3.05, 3.63) is 59.2 Å². The molecule has 1 aliphatic carbocycles. The Morgan fingerprint density at radius 2 is 1.96 bits per heavy atom. The monoisotopic (exact) mass is 399 g/mol. The third-order valence-corrected chi connectivity index (χ3v) is 6.79. The molecule has 0 spiro atoms. The van der Waals surface area contributed by atoms with E-state index in [2.05, 4.69) is 29.2 Å². The average molecular weight is 400 g/mol. The van der Waals surface area contributed by atoms with Crippen LogP contribution in [0.4, 0.5) is 5.69 Å². The van der Waals surface area contributed by atoms with Crippen molar-refractivity contribution in [1.82, 2.24) is 4.90 Å². The summed E-state index contributed by atoms with van der Waals surface area (Å²) in [5.41, 5.74) is 4.30. The van der Waals surface area contributed by atoms with Gasteiger partial charge in [-0.25, -0.2) is 13.6 Å². The molecule has 2 aliphatic rings. The molecule has 1 heterocycles. The van der Waals surface area contributed by atoms with Crippen LogP contribution in [0.2, 0.25) is 0 Å². The van der Waals surface area contributed by atoms with Crippen molar-refractivity contribution < 1.29 is 13.2 Å². The largest absolute Gasteiger partial charge is 0.308 e. The molecule has 2 aromatic rings. The number of carbonyl (C=O) groups excluding carboxylic acids is 1. The summed E-state index contributed by atoms with van der Waals surface area (Å²) in [6.45, 7) is 2.30. The van der Waals surface area contributed by atoms with Crippen LogP contribution in [-0.2, 0) is 27.7 Å². The van der Waals surface area contributed by atoms with E-state index < -0.39 is 10.0 Å². The minimum atomic E-state index is -3.75. The van der Waals surface area contributed by atoms with Crippen molar-refractivity contribution in [1.29, 1.82) is 0 Å². The third kappa shape index (κ3) is 3.34. The zero-order chi connectivity index (χ0) is 20.1. The molecule has 0 aromatic heterocycles. The van der Waals surface area contributed by atoms with Crippen LogP contribution in [0.15, 0.2) is 47.4 Å². The summed E-state index contributed by atoms with van der Waals surface area (Å²) in [5, 5.41) is 5.24. The summed E-state index contributed by atoms with van der Waals surface area (Å²) in [6, 6.07) is 13.4. The predicted octanol–water partition coefficient (Wildman–Crippen LogP) is 2.23. The second kappa shape index (κ2) is 6.99. The predicted molar refractivity (Wildman–Crippen MR) is 109 cm³/mol. The van der Waals surface area contributed by atoms with Gasteiger partial charge in [-0.1, -0.05) is 24.3 Å². The lowest BCUT2D eigenvalue weighted by molar-refractivity contribution is -0.120. The molecule has 0 bridgehead atoms. The molecule has 0 radical (unpaired) electrons. The van der Waals surface area contributed by atoms with Crippen molar-refractivity contribution in [3.8, 4) is 0 Å². The number of hydrogen-bond acceptors (Lipinski definition) is 4. The van der Waals surface area contributed by atoms with Gasteiger partial charge in [-0.2, -0.15) is 0 Å². The summed E-state index contributed by atoms with van der Waals surface area (Å²) >= 11 is 0. The van der Waals surface area contributed by atoms with E-state index in [0.717, 1.165) is 24.1 Å². The minimum absolute atomic E-state index is 0.0116. The Hall–Kier alpha value is -2.22. The molecular formula is C21H25N3O3S. The van der Waals surface area contributed by atoms with Crippen molar-refractivity contribution in [2.75, 3.05) is 18.5 Å². The lowest BCUT2D eigenvalue weighted by Gasteiger charge is -2.29. The molecular weight excluding hydrogens is 374 g/mol. The minimum Gasteiger partial charge on any atom is -0.308 e. The van der Waals surface area contributed by atoms with E-state index in [4.69, 9.17) is 5.14 Å². The fourth-order valence-electron chi connectivity index (χ4n) is 4.56. The molecule has 28 heavy (non-hydrogen) atoms.